The van der Waals surface area contributed by atoms with E-state index in [2.05, 4.69) is 5.32 Å². The molecule has 0 aromatic heterocycles. The quantitative estimate of drug-likeness (QED) is 0.426. The van der Waals surface area contributed by atoms with E-state index >= 15 is 0 Å². The van der Waals surface area contributed by atoms with Gasteiger partial charge < -0.3 is 15.0 Å². The van der Waals surface area contributed by atoms with Gasteiger partial charge in [0.25, 0.3) is 5.91 Å². The van der Waals surface area contributed by atoms with Gasteiger partial charge in [-0.1, -0.05) is 73.5 Å². The fraction of sp³-hybridized carbons (Fsp3) is 0.333. The first kappa shape index (κ1) is 25.4. The molecule has 0 spiro atoms. The van der Waals surface area contributed by atoms with E-state index in [1.807, 2.05) is 61.5 Å². The Kier molecular flexibility index (Phi) is 8.71. The van der Waals surface area contributed by atoms with Crippen LogP contribution in [0.25, 0.3) is 0 Å². The van der Waals surface area contributed by atoms with Crippen molar-refractivity contribution >= 4 is 11.8 Å². The summed E-state index contributed by atoms with van der Waals surface area (Å²) < 4.78 is 19.4. The number of ether oxygens (including phenoxy) is 1. The second-order valence-corrected chi connectivity index (χ2v) is 9.40. The number of carbonyl (C=O) groups excluding carboxylic acids is 2. The molecule has 0 radical (unpaired) electrons. The Morgan fingerprint density at radius 2 is 1.61 bits per heavy atom. The molecule has 188 valence electrons. The van der Waals surface area contributed by atoms with Crippen LogP contribution in [0, 0.1) is 12.7 Å². The van der Waals surface area contributed by atoms with E-state index in [4.69, 9.17) is 4.74 Å². The van der Waals surface area contributed by atoms with Crippen LogP contribution in [0.5, 0.6) is 5.75 Å². The maximum Gasteiger partial charge on any atom is 0.261 e. The molecule has 5 nitrogen and oxygen atoms in total. The largest absolute Gasteiger partial charge is 0.484 e. The maximum atomic E-state index is 13.6. The van der Waals surface area contributed by atoms with E-state index in [9.17, 15) is 14.0 Å². The SMILES string of the molecule is Cc1ccccc1OCC(=O)N(Cc1ccc(F)cc1)C(Cc1ccccc1)C(=O)NC1CCCC1. The first-order chi connectivity index (χ1) is 17.5. The number of hydrogen-bond acceptors (Lipinski definition) is 3. The summed E-state index contributed by atoms with van der Waals surface area (Å²) in [7, 11) is 0. The van der Waals surface area contributed by atoms with Crippen molar-refractivity contribution in [3.8, 4) is 5.75 Å². The summed E-state index contributed by atoms with van der Waals surface area (Å²) in [5.41, 5.74) is 2.63. The van der Waals surface area contributed by atoms with Crippen LogP contribution in [-0.4, -0.2) is 35.4 Å². The molecular weight excluding hydrogens is 455 g/mol. The molecular formula is C30H33FN2O3. The van der Waals surface area contributed by atoms with Crippen LogP contribution in [0.4, 0.5) is 4.39 Å². The monoisotopic (exact) mass is 488 g/mol. The predicted molar refractivity (Wildman–Crippen MR) is 138 cm³/mol. The molecule has 1 atom stereocenters. The van der Waals surface area contributed by atoms with Crippen LogP contribution < -0.4 is 10.1 Å². The first-order valence-electron chi connectivity index (χ1n) is 12.6. The smallest absolute Gasteiger partial charge is 0.261 e. The molecule has 3 aromatic rings. The van der Waals surface area contributed by atoms with E-state index in [-0.39, 0.29) is 36.8 Å². The Balaban J connectivity index is 1.61. The average Bonchev–Trinajstić information content (AvgIpc) is 3.40. The summed E-state index contributed by atoms with van der Waals surface area (Å²) in [4.78, 5) is 28.8. The first-order valence-corrected chi connectivity index (χ1v) is 12.6. The van der Waals surface area contributed by atoms with Gasteiger partial charge in [0, 0.05) is 19.0 Å². The van der Waals surface area contributed by atoms with Crippen molar-refractivity contribution in [1.29, 1.82) is 0 Å². The number of aryl methyl sites for hydroxylation is 1. The van der Waals surface area contributed by atoms with Gasteiger partial charge in [-0.25, -0.2) is 4.39 Å². The molecule has 0 aliphatic heterocycles. The van der Waals surface area contributed by atoms with Crippen LogP contribution in [0.1, 0.15) is 42.4 Å². The average molecular weight is 489 g/mol. The summed E-state index contributed by atoms with van der Waals surface area (Å²) in [6, 6.07) is 22.6. The van der Waals surface area contributed by atoms with E-state index in [1.165, 1.54) is 12.1 Å². The summed E-state index contributed by atoms with van der Waals surface area (Å²) in [6.45, 7) is 1.89. The second kappa shape index (κ2) is 12.3. The van der Waals surface area contributed by atoms with Crippen molar-refractivity contribution < 1.29 is 18.7 Å². The Labute approximate surface area is 212 Å². The van der Waals surface area contributed by atoms with Gasteiger partial charge in [-0.2, -0.15) is 0 Å². The minimum atomic E-state index is -0.731. The van der Waals surface area contributed by atoms with Gasteiger partial charge in [-0.15, -0.1) is 0 Å². The minimum absolute atomic E-state index is 0.127. The lowest BCUT2D eigenvalue weighted by Gasteiger charge is -2.32. The fourth-order valence-corrected chi connectivity index (χ4v) is 4.65. The molecule has 3 aromatic carbocycles. The zero-order chi connectivity index (χ0) is 25.3. The zero-order valence-corrected chi connectivity index (χ0v) is 20.7. The van der Waals surface area contributed by atoms with Gasteiger partial charge >= 0.3 is 0 Å². The molecule has 0 bridgehead atoms. The highest BCUT2D eigenvalue weighted by Crippen LogP contribution is 2.21. The lowest BCUT2D eigenvalue weighted by Crippen LogP contribution is -2.53. The summed E-state index contributed by atoms with van der Waals surface area (Å²) in [5, 5.41) is 3.18. The molecule has 4 rings (SSSR count). The van der Waals surface area contributed by atoms with Crippen molar-refractivity contribution in [2.45, 2.75) is 57.7 Å². The minimum Gasteiger partial charge on any atom is -0.484 e. The van der Waals surface area contributed by atoms with Crippen molar-refractivity contribution in [2.24, 2.45) is 0 Å². The highest BCUT2D eigenvalue weighted by atomic mass is 19.1. The predicted octanol–water partition coefficient (Wildman–Crippen LogP) is 5.21. The number of nitrogens with zero attached hydrogens (tertiary/aromatic N) is 1. The molecule has 1 unspecified atom stereocenters. The highest BCUT2D eigenvalue weighted by Gasteiger charge is 2.32. The van der Waals surface area contributed by atoms with Crippen molar-refractivity contribution in [1.82, 2.24) is 10.2 Å². The molecule has 36 heavy (non-hydrogen) atoms. The lowest BCUT2D eigenvalue weighted by molar-refractivity contribution is -0.143. The Hall–Kier alpha value is -3.67. The highest BCUT2D eigenvalue weighted by molar-refractivity contribution is 5.88. The Bertz CT molecular complexity index is 1140. The fourth-order valence-electron chi connectivity index (χ4n) is 4.65. The standard InChI is InChI=1S/C30H33FN2O3/c1-22-9-5-8-14-28(22)36-21-29(34)33(20-24-15-17-25(31)18-16-24)27(19-23-10-3-2-4-11-23)30(35)32-26-12-6-7-13-26/h2-5,8-11,14-18,26-27H,6-7,12-13,19-21H2,1H3,(H,32,35). The van der Waals surface area contributed by atoms with Gasteiger partial charge in [0.2, 0.25) is 5.91 Å². The van der Waals surface area contributed by atoms with E-state index in [0.717, 1.165) is 42.4 Å². The van der Waals surface area contributed by atoms with Crippen LogP contribution in [0.15, 0.2) is 78.9 Å². The summed E-state index contributed by atoms with van der Waals surface area (Å²) >= 11 is 0. The molecule has 1 aliphatic carbocycles. The van der Waals surface area contributed by atoms with E-state index < -0.39 is 6.04 Å². The number of rotatable bonds is 10. The van der Waals surface area contributed by atoms with E-state index in [0.29, 0.717) is 12.2 Å². The third kappa shape index (κ3) is 6.94. The number of hydrogen-bond donors (Lipinski definition) is 1. The van der Waals surface area contributed by atoms with Gasteiger partial charge in [-0.05, 0) is 54.7 Å². The van der Waals surface area contributed by atoms with E-state index in [1.54, 1.807) is 17.0 Å². The van der Waals surface area contributed by atoms with Crippen molar-refractivity contribution in [3.63, 3.8) is 0 Å². The molecule has 1 N–H and O–H groups in total. The number of para-hydroxylation sites is 1. The number of nitrogens with one attached hydrogen (secondary N) is 1. The molecule has 1 fully saturated rings. The molecule has 1 aliphatic rings. The second-order valence-electron chi connectivity index (χ2n) is 9.40. The van der Waals surface area contributed by atoms with Crippen molar-refractivity contribution in [3.05, 3.63) is 101 Å². The Morgan fingerprint density at radius 1 is 0.944 bits per heavy atom. The molecule has 1 saturated carbocycles. The summed E-state index contributed by atoms with van der Waals surface area (Å²) in [5.74, 6) is -0.191. The van der Waals surface area contributed by atoms with Gasteiger partial charge in [-0.3, -0.25) is 9.59 Å². The normalized spacial score (nSPS) is 14.3. The topological polar surface area (TPSA) is 58.6 Å². The van der Waals surface area contributed by atoms with Crippen LogP contribution in [0.2, 0.25) is 0 Å². The molecule has 6 heteroatoms. The number of halogens is 1. The molecule has 0 saturated heterocycles. The van der Waals surface area contributed by atoms with Gasteiger partial charge in [0.05, 0.1) is 0 Å². The van der Waals surface area contributed by atoms with Crippen LogP contribution in [0.3, 0.4) is 0 Å². The number of carbonyl (C=O) groups is 2. The van der Waals surface area contributed by atoms with Crippen LogP contribution in [-0.2, 0) is 22.6 Å². The number of benzene rings is 3. The maximum absolute atomic E-state index is 13.6. The van der Waals surface area contributed by atoms with Gasteiger partial charge in [0.1, 0.15) is 17.6 Å². The van der Waals surface area contributed by atoms with Crippen LogP contribution >= 0.6 is 0 Å². The molecule has 0 heterocycles. The Morgan fingerprint density at radius 3 is 2.31 bits per heavy atom. The zero-order valence-electron chi connectivity index (χ0n) is 20.7. The van der Waals surface area contributed by atoms with Gasteiger partial charge in [0.15, 0.2) is 6.61 Å². The van der Waals surface area contributed by atoms with Crippen molar-refractivity contribution in [2.75, 3.05) is 6.61 Å². The third-order valence-electron chi connectivity index (χ3n) is 6.68. The summed E-state index contributed by atoms with van der Waals surface area (Å²) in [6.07, 6.45) is 4.46. The number of amides is 2. The third-order valence-corrected chi connectivity index (χ3v) is 6.68. The lowest BCUT2D eigenvalue weighted by atomic mass is 10.0. The molecule has 2 amide bonds.